The second-order valence-electron chi connectivity index (χ2n) is 5.66. The Bertz CT molecular complexity index is 622. The van der Waals surface area contributed by atoms with E-state index in [0.29, 0.717) is 12.5 Å². The van der Waals surface area contributed by atoms with Gasteiger partial charge in [-0.05, 0) is 32.3 Å². The van der Waals surface area contributed by atoms with Gasteiger partial charge in [0.05, 0.1) is 11.6 Å². The van der Waals surface area contributed by atoms with Crippen LogP contribution in [0.5, 0.6) is 0 Å². The van der Waals surface area contributed by atoms with Gasteiger partial charge in [0.15, 0.2) is 5.65 Å². The molecule has 2 aromatic rings. The molecular formula is C17H27N5O2. The molecule has 0 bridgehead atoms. The van der Waals surface area contributed by atoms with Crippen molar-refractivity contribution in [2.75, 3.05) is 25.1 Å². The first-order valence-electron chi connectivity index (χ1n) is 8.62. The third kappa shape index (κ3) is 4.92. The van der Waals surface area contributed by atoms with E-state index in [1.165, 1.54) is 0 Å². The standard InChI is InChI=1S/C13H18N4O.C4H9NO/c1-2-17-13-11(9-15-17)12(3-6-14-13)16-10-4-7-18-8-5-10;1-2-3-5-4-6/h3,6,9-10H,2,4-5,7-8H2,1H3,(H,14,16);4H,2-3H2,1H3,(H,5,6). The fraction of sp³-hybridized carbons (Fsp3) is 0.588. The first-order chi connectivity index (χ1) is 11.8. The first-order valence-corrected chi connectivity index (χ1v) is 8.62. The molecule has 7 nitrogen and oxygen atoms in total. The average molecular weight is 333 g/mol. The highest BCUT2D eigenvalue weighted by Crippen LogP contribution is 2.23. The van der Waals surface area contributed by atoms with Crippen molar-refractivity contribution in [3.8, 4) is 0 Å². The number of carbonyl (C=O) groups is 1. The number of amides is 1. The molecule has 0 unspecified atom stereocenters. The maximum absolute atomic E-state index is 9.45. The fourth-order valence-corrected chi connectivity index (χ4v) is 2.60. The molecule has 0 saturated carbocycles. The third-order valence-electron chi connectivity index (χ3n) is 3.90. The van der Waals surface area contributed by atoms with Crippen LogP contribution >= 0.6 is 0 Å². The second kappa shape index (κ2) is 9.87. The largest absolute Gasteiger partial charge is 0.381 e. The molecule has 2 aromatic heterocycles. The Labute approximate surface area is 142 Å². The van der Waals surface area contributed by atoms with Gasteiger partial charge in [-0.2, -0.15) is 5.10 Å². The van der Waals surface area contributed by atoms with E-state index in [1.54, 1.807) is 0 Å². The zero-order chi connectivity index (χ0) is 17.2. The summed E-state index contributed by atoms with van der Waals surface area (Å²) in [5.41, 5.74) is 2.08. The zero-order valence-corrected chi connectivity index (χ0v) is 14.5. The van der Waals surface area contributed by atoms with Crippen molar-refractivity contribution in [1.82, 2.24) is 20.1 Å². The van der Waals surface area contributed by atoms with E-state index in [-0.39, 0.29) is 0 Å². The van der Waals surface area contributed by atoms with Gasteiger partial charge in [-0.25, -0.2) is 9.67 Å². The van der Waals surface area contributed by atoms with E-state index in [9.17, 15) is 4.79 Å². The molecule has 0 aliphatic carbocycles. The van der Waals surface area contributed by atoms with Crippen LogP contribution < -0.4 is 10.6 Å². The number of fused-ring (bicyclic) bond motifs is 1. The molecule has 2 N–H and O–H groups in total. The third-order valence-corrected chi connectivity index (χ3v) is 3.90. The summed E-state index contributed by atoms with van der Waals surface area (Å²) in [6, 6.07) is 2.52. The molecule has 132 valence electrons. The van der Waals surface area contributed by atoms with Crippen LogP contribution in [0.2, 0.25) is 0 Å². The van der Waals surface area contributed by atoms with Gasteiger partial charge in [-0.15, -0.1) is 0 Å². The van der Waals surface area contributed by atoms with Crippen molar-refractivity contribution in [2.45, 2.75) is 45.7 Å². The Balaban J connectivity index is 0.000000301. The predicted molar refractivity (Wildman–Crippen MR) is 95.0 cm³/mol. The average Bonchev–Trinajstić information content (AvgIpc) is 3.06. The number of rotatable bonds is 6. The highest BCUT2D eigenvalue weighted by atomic mass is 16.5. The van der Waals surface area contributed by atoms with Gasteiger partial charge in [0, 0.05) is 44.2 Å². The topological polar surface area (TPSA) is 81.1 Å². The molecule has 1 fully saturated rings. The lowest BCUT2D eigenvalue weighted by molar-refractivity contribution is -0.109. The fourth-order valence-electron chi connectivity index (χ4n) is 2.60. The summed E-state index contributed by atoms with van der Waals surface area (Å²) >= 11 is 0. The van der Waals surface area contributed by atoms with E-state index in [2.05, 4.69) is 27.6 Å². The molecule has 24 heavy (non-hydrogen) atoms. The molecule has 1 aliphatic heterocycles. The van der Waals surface area contributed by atoms with E-state index in [1.807, 2.05) is 30.1 Å². The number of carbonyl (C=O) groups excluding carboxylic acids is 1. The van der Waals surface area contributed by atoms with Crippen molar-refractivity contribution < 1.29 is 9.53 Å². The Morgan fingerprint density at radius 3 is 2.79 bits per heavy atom. The zero-order valence-electron chi connectivity index (χ0n) is 14.5. The van der Waals surface area contributed by atoms with Crippen molar-refractivity contribution in [1.29, 1.82) is 0 Å². The SMILES string of the molecule is CCCNC=O.CCn1ncc2c(NC3CCOCC3)ccnc21. The van der Waals surface area contributed by atoms with Gasteiger partial charge < -0.3 is 15.4 Å². The van der Waals surface area contributed by atoms with Crippen LogP contribution in [0.1, 0.15) is 33.1 Å². The van der Waals surface area contributed by atoms with Crippen molar-refractivity contribution >= 4 is 23.1 Å². The number of pyridine rings is 1. The predicted octanol–water partition coefficient (Wildman–Crippen LogP) is 2.18. The molecule has 0 aromatic carbocycles. The number of nitrogens with one attached hydrogen (secondary N) is 2. The number of aromatic nitrogens is 3. The maximum Gasteiger partial charge on any atom is 0.207 e. The number of aryl methyl sites for hydroxylation is 1. The molecule has 3 rings (SSSR count). The molecule has 1 amide bonds. The molecule has 0 atom stereocenters. The van der Waals surface area contributed by atoms with Crippen LogP contribution in [0.15, 0.2) is 18.5 Å². The lowest BCUT2D eigenvalue weighted by Gasteiger charge is -2.24. The highest BCUT2D eigenvalue weighted by molar-refractivity contribution is 5.88. The van der Waals surface area contributed by atoms with Crippen molar-refractivity contribution in [2.24, 2.45) is 0 Å². The minimum atomic E-state index is 0.495. The number of anilines is 1. The molecule has 0 radical (unpaired) electrons. The van der Waals surface area contributed by atoms with Crippen LogP contribution in [0, 0.1) is 0 Å². The van der Waals surface area contributed by atoms with Crippen molar-refractivity contribution in [3.05, 3.63) is 18.5 Å². The van der Waals surface area contributed by atoms with Gasteiger partial charge in [0.2, 0.25) is 6.41 Å². The van der Waals surface area contributed by atoms with Crippen LogP contribution in [-0.4, -0.2) is 47.0 Å². The van der Waals surface area contributed by atoms with E-state index >= 15 is 0 Å². The normalized spacial score (nSPS) is 14.8. The van der Waals surface area contributed by atoms with Gasteiger partial charge in [-0.3, -0.25) is 4.79 Å². The summed E-state index contributed by atoms with van der Waals surface area (Å²) in [4.78, 5) is 13.9. The molecule has 7 heteroatoms. The quantitative estimate of drug-likeness (QED) is 0.625. The summed E-state index contributed by atoms with van der Waals surface area (Å²) < 4.78 is 7.30. The number of nitrogens with zero attached hydrogens (tertiary/aromatic N) is 3. The first kappa shape index (κ1) is 18.2. The minimum Gasteiger partial charge on any atom is -0.381 e. The summed E-state index contributed by atoms with van der Waals surface area (Å²) in [7, 11) is 0. The smallest absolute Gasteiger partial charge is 0.207 e. The monoisotopic (exact) mass is 333 g/mol. The Kier molecular flexibility index (Phi) is 7.48. The van der Waals surface area contributed by atoms with Gasteiger partial charge >= 0.3 is 0 Å². The molecule has 3 heterocycles. The molecule has 1 aliphatic rings. The highest BCUT2D eigenvalue weighted by Gasteiger charge is 2.15. The molecular weight excluding hydrogens is 306 g/mol. The van der Waals surface area contributed by atoms with E-state index in [4.69, 9.17) is 4.74 Å². The van der Waals surface area contributed by atoms with Gasteiger partial charge in [0.25, 0.3) is 0 Å². The molecule has 0 spiro atoms. The lowest BCUT2D eigenvalue weighted by Crippen LogP contribution is -2.27. The van der Waals surface area contributed by atoms with E-state index < -0.39 is 0 Å². The summed E-state index contributed by atoms with van der Waals surface area (Å²) in [5, 5.41) is 11.6. The Morgan fingerprint density at radius 2 is 2.17 bits per heavy atom. The van der Waals surface area contributed by atoms with Crippen LogP contribution in [0.3, 0.4) is 0 Å². The maximum atomic E-state index is 9.45. The van der Waals surface area contributed by atoms with Gasteiger partial charge in [0.1, 0.15) is 0 Å². The second-order valence-corrected chi connectivity index (χ2v) is 5.66. The number of hydrogen-bond donors (Lipinski definition) is 2. The number of ether oxygens (including phenoxy) is 1. The van der Waals surface area contributed by atoms with Crippen LogP contribution in [0.25, 0.3) is 11.0 Å². The summed E-state index contributed by atoms with van der Waals surface area (Å²) in [6.45, 7) is 7.42. The minimum absolute atomic E-state index is 0.495. The lowest BCUT2D eigenvalue weighted by atomic mass is 10.1. The van der Waals surface area contributed by atoms with Crippen LogP contribution in [-0.2, 0) is 16.1 Å². The Hall–Kier alpha value is -2.15. The van der Waals surface area contributed by atoms with Crippen molar-refractivity contribution in [3.63, 3.8) is 0 Å². The number of hydrogen-bond acceptors (Lipinski definition) is 5. The summed E-state index contributed by atoms with van der Waals surface area (Å²) in [6.07, 6.45) is 7.59. The van der Waals surface area contributed by atoms with E-state index in [0.717, 1.165) is 62.3 Å². The van der Waals surface area contributed by atoms with Crippen LogP contribution in [0.4, 0.5) is 5.69 Å². The van der Waals surface area contributed by atoms with Gasteiger partial charge in [-0.1, -0.05) is 6.92 Å². The summed E-state index contributed by atoms with van der Waals surface area (Å²) in [5.74, 6) is 0. The Morgan fingerprint density at radius 1 is 1.38 bits per heavy atom. The molecule has 1 saturated heterocycles.